The number of nitroso groups, excluding NO2 is 1. The van der Waals surface area contributed by atoms with Gasteiger partial charge in [0.25, 0.3) is 0 Å². The molecule has 0 saturated carbocycles. The summed E-state index contributed by atoms with van der Waals surface area (Å²) >= 11 is 0. The molecule has 0 radical (unpaired) electrons. The molecule has 2 aromatic heterocycles. The Bertz CT molecular complexity index is 760. The van der Waals surface area contributed by atoms with Crippen molar-refractivity contribution in [3.8, 4) is 5.88 Å². The summed E-state index contributed by atoms with van der Waals surface area (Å²) in [5, 5.41) is 13.7. The van der Waals surface area contributed by atoms with Crippen molar-refractivity contribution in [3.63, 3.8) is 0 Å². The maximum Gasteiger partial charge on any atom is 0.213 e. The van der Waals surface area contributed by atoms with Gasteiger partial charge in [0.15, 0.2) is 0 Å². The van der Waals surface area contributed by atoms with Crippen molar-refractivity contribution in [1.82, 2.24) is 19.9 Å². The number of nitrogens with zero attached hydrogens (tertiary/aromatic N) is 5. The minimum absolute atomic E-state index is 0.145. The van der Waals surface area contributed by atoms with Crippen LogP contribution in [0.1, 0.15) is 5.56 Å². The number of aromatic nitrogens is 2. The van der Waals surface area contributed by atoms with Gasteiger partial charge in [0.2, 0.25) is 5.88 Å². The Morgan fingerprint density at radius 3 is 3.00 bits per heavy atom. The molecular weight excluding hydrogens is 329 g/mol. The van der Waals surface area contributed by atoms with E-state index < -0.39 is 5.82 Å². The number of pyridine rings is 2. The second-order valence-corrected chi connectivity index (χ2v) is 5.94. The molecule has 0 spiro atoms. The van der Waals surface area contributed by atoms with Crippen LogP contribution in [-0.2, 0) is 6.42 Å². The van der Waals surface area contributed by atoms with Gasteiger partial charge in [-0.05, 0) is 12.5 Å². The maximum absolute atomic E-state index is 14.3. The number of halogens is 1. The fourth-order valence-corrected chi connectivity index (χ4v) is 3.07. The summed E-state index contributed by atoms with van der Waals surface area (Å²) in [6, 6.07) is 3.11. The summed E-state index contributed by atoms with van der Waals surface area (Å²) < 4.78 is 19.4. The van der Waals surface area contributed by atoms with Crippen LogP contribution in [-0.4, -0.2) is 70.9 Å². The Labute approximate surface area is 144 Å². The molecule has 9 heteroatoms. The average Bonchev–Trinajstić information content (AvgIpc) is 2.66. The van der Waals surface area contributed by atoms with Crippen molar-refractivity contribution < 1.29 is 14.2 Å². The number of methoxy groups -OCH3 is 1. The van der Waals surface area contributed by atoms with Crippen LogP contribution < -0.4 is 4.74 Å². The van der Waals surface area contributed by atoms with Crippen LogP contribution in [0.3, 0.4) is 0 Å². The number of hydrogen-bond donors (Lipinski definition) is 1. The van der Waals surface area contributed by atoms with E-state index in [0.717, 1.165) is 0 Å². The molecule has 8 nitrogen and oxygen atoms in total. The van der Waals surface area contributed by atoms with Gasteiger partial charge in [0, 0.05) is 31.3 Å². The van der Waals surface area contributed by atoms with E-state index in [1.807, 2.05) is 0 Å². The van der Waals surface area contributed by atoms with Gasteiger partial charge in [-0.15, -0.1) is 4.91 Å². The number of piperazine rings is 1. The van der Waals surface area contributed by atoms with Crippen molar-refractivity contribution in [1.29, 1.82) is 0 Å². The molecule has 1 N–H and O–H groups in total. The predicted octanol–water partition coefficient (Wildman–Crippen LogP) is 0.980. The molecule has 3 rings (SSSR count). The third-order valence-corrected chi connectivity index (χ3v) is 4.48. The molecule has 0 bridgehead atoms. The van der Waals surface area contributed by atoms with Crippen LogP contribution >= 0.6 is 0 Å². The van der Waals surface area contributed by atoms with E-state index in [2.05, 4.69) is 20.2 Å². The quantitative estimate of drug-likeness (QED) is 0.777. The van der Waals surface area contributed by atoms with Gasteiger partial charge >= 0.3 is 0 Å². The smallest absolute Gasteiger partial charge is 0.213 e. The molecule has 134 valence electrons. The minimum atomic E-state index is -0.403. The standard InChI is InChI=1S/C16H20FN5O3/c1-25-15-3-2-14-16(19-15)12(13(17)8-18-14)4-5-21-6-7-22(20-24)11(9-21)10-23/h2-3,8,11,23H,4-7,9-10H2,1H3. The summed E-state index contributed by atoms with van der Waals surface area (Å²) in [4.78, 5) is 21.2. The monoisotopic (exact) mass is 349 g/mol. The van der Waals surface area contributed by atoms with E-state index in [0.29, 0.717) is 55.1 Å². The lowest BCUT2D eigenvalue weighted by atomic mass is 10.1. The molecule has 1 aliphatic heterocycles. The summed E-state index contributed by atoms with van der Waals surface area (Å²) in [6.07, 6.45) is 1.65. The normalized spacial score (nSPS) is 18.5. The number of rotatable bonds is 6. The van der Waals surface area contributed by atoms with Crippen molar-refractivity contribution >= 4 is 11.0 Å². The van der Waals surface area contributed by atoms with Gasteiger partial charge in [-0.2, -0.15) is 0 Å². The van der Waals surface area contributed by atoms with Gasteiger partial charge < -0.3 is 9.84 Å². The molecular formula is C16H20FN5O3. The topological polar surface area (TPSA) is 91.2 Å². The van der Waals surface area contributed by atoms with Crippen molar-refractivity contribution in [2.45, 2.75) is 12.5 Å². The van der Waals surface area contributed by atoms with E-state index in [4.69, 9.17) is 4.74 Å². The molecule has 0 amide bonds. The molecule has 1 aliphatic rings. The van der Waals surface area contributed by atoms with E-state index in [9.17, 15) is 14.4 Å². The van der Waals surface area contributed by atoms with Gasteiger partial charge in [-0.25, -0.2) is 9.37 Å². The lowest BCUT2D eigenvalue weighted by Crippen LogP contribution is -2.52. The highest BCUT2D eigenvalue weighted by molar-refractivity contribution is 5.78. The van der Waals surface area contributed by atoms with Crippen LogP contribution in [0.25, 0.3) is 11.0 Å². The van der Waals surface area contributed by atoms with Crippen molar-refractivity contribution in [2.75, 3.05) is 39.9 Å². The molecule has 25 heavy (non-hydrogen) atoms. The van der Waals surface area contributed by atoms with Crippen LogP contribution in [0, 0.1) is 10.7 Å². The third-order valence-electron chi connectivity index (χ3n) is 4.48. The number of fused-ring (bicyclic) bond motifs is 1. The number of aliphatic hydroxyl groups is 1. The van der Waals surface area contributed by atoms with Crippen LogP contribution in [0.15, 0.2) is 23.6 Å². The Kier molecular flexibility index (Phi) is 5.34. The van der Waals surface area contributed by atoms with E-state index in [1.54, 1.807) is 12.1 Å². The Balaban J connectivity index is 1.77. The fraction of sp³-hybridized carbons (Fsp3) is 0.500. The minimum Gasteiger partial charge on any atom is -0.481 e. The summed E-state index contributed by atoms with van der Waals surface area (Å²) in [7, 11) is 1.51. The highest BCUT2D eigenvalue weighted by Gasteiger charge is 2.26. The van der Waals surface area contributed by atoms with Crippen LogP contribution in [0.4, 0.5) is 4.39 Å². The molecule has 1 saturated heterocycles. The van der Waals surface area contributed by atoms with Crippen LogP contribution in [0.2, 0.25) is 0 Å². The second-order valence-electron chi connectivity index (χ2n) is 5.94. The average molecular weight is 349 g/mol. The van der Waals surface area contributed by atoms with Gasteiger partial charge in [-0.1, -0.05) is 0 Å². The lowest BCUT2D eigenvalue weighted by molar-refractivity contribution is 0.0411. The molecule has 2 aromatic rings. The summed E-state index contributed by atoms with van der Waals surface area (Å²) in [6.45, 7) is 2.01. The fourth-order valence-electron chi connectivity index (χ4n) is 3.07. The molecule has 0 aromatic carbocycles. The summed E-state index contributed by atoms with van der Waals surface area (Å²) in [5.41, 5.74) is 1.59. The molecule has 0 aliphatic carbocycles. The van der Waals surface area contributed by atoms with E-state index in [-0.39, 0.29) is 12.6 Å². The molecule has 1 unspecified atom stereocenters. The third kappa shape index (κ3) is 3.67. The molecule has 1 atom stereocenters. The van der Waals surface area contributed by atoms with E-state index in [1.165, 1.54) is 18.3 Å². The van der Waals surface area contributed by atoms with Crippen molar-refractivity contribution in [3.05, 3.63) is 34.6 Å². The first-order valence-corrected chi connectivity index (χ1v) is 8.07. The maximum atomic E-state index is 14.3. The lowest BCUT2D eigenvalue weighted by Gasteiger charge is -2.37. The molecule has 3 heterocycles. The van der Waals surface area contributed by atoms with Gasteiger partial charge in [-0.3, -0.25) is 14.9 Å². The van der Waals surface area contributed by atoms with Crippen molar-refractivity contribution in [2.24, 2.45) is 5.29 Å². The summed E-state index contributed by atoms with van der Waals surface area (Å²) in [5.74, 6) is 0.00678. The first-order valence-electron chi connectivity index (χ1n) is 8.07. The zero-order valence-electron chi connectivity index (χ0n) is 13.9. The van der Waals surface area contributed by atoms with Crippen LogP contribution in [0.5, 0.6) is 5.88 Å². The van der Waals surface area contributed by atoms with Gasteiger partial charge in [0.05, 0.1) is 48.8 Å². The number of hydrogen-bond acceptors (Lipinski definition) is 7. The second kappa shape index (κ2) is 7.66. The zero-order valence-corrected chi connectivity index (χ0v) is 13.9. The van der Waals surface area contributed by atoms with E-state index >= 15 is 0 Å². The SMILES string of the molecule is COc1ccc2ncc(F)c(CCN3CCN(N=O)C(CO)C3)c2n1. The number of ether oxygens (including phenoxy) is 1. The predicted molar refractivity (Wildman–Crippen MR) is 89.6 cm³/mol. The first kappa shape index (κ1) is 17.4. The zero-order chi connectivity index (χ0) is 17.8. The highest BCUT2D eigenvalue weighted by Crippen LogP contribution is 2.22. The largest absolute Gasteiger partial charge is 0.481 e. The molecule has 1 fully saturated rings. The first-order chi connectivity index (χ1) is 12.2. The Morgan fingerprint density at radius 2 is 2.28 bits per heavy atom. The number of aliphatic hydroxyl groups excluding tert-OH is 1. The Hall–Kier alpha value is -2.39. The Morgan fingerprint density at radius 1 is 1.44 bits per heavy atom. The highest BCUT2D eigenvalue weighted by atomic mass is 19.1. The van der Waals surface area contributed by atoms with Gasteiger partial charge in [0.1, 0.15) is 5.82 Å².